The van der Waals surface area contributed by atoms with Crippen LogP contribution in [0, 0.1) is 5.92 Å². The molecule has 1 N–H and O–H groups in total. The summed E-state index contributed by atoms with van der Waals surface area (Å²) >= 11 is 0. The van der Waals surface area contributed by atoms with Gasteiger partial charge in [0.2, 0.25) is 0 Å². The first-order valence-corrected chi connectivity index (χ1v) is 5.86. The molecule has 0 saturated carbocycles. The smallest absolute Gasteiger partial charge is 0.163 e. The van der Waals surface area contributed by atoms with Crippen molar-refractivity contribution in [3.05, 3.63) is 23.3 Å². The van der Waals surface area contributed by atoms with Gasteiger partial charge < -0.3 is 9.84 Å². The molecule has 0 atom stereocenters. The Bertz CT molecular complexity index is 408. The van der Waals surface area contributed by atoms with Crippen molar-refractivity contribution < 1.29 is 14.6 Å². The third-order valence-corrected chi connectivity index (χ3v) is 2.77. The van der Waals surface area contributed by atoms with Gasteiger partial charge in [0.05, 0.1) is 12.7 Å². The highest BCUT2D eigenvalue weighted by Gasteiger charge is 2.13. The molecule has 0 aromatic heterocycles. The second kappa shape index (κ2) is 5.71. The number of rotatable bonds is 5. The summed E-state index contributed by atoms with van der Waals surface area (Å²) in [4.78, 5) is 11.4. The van der Waals surface area contributed by atoms with Gasteiger partial charge in [-0.2, -0.15) is 0 Å². The van der Waals surface area contributed by atoms with Crippen molar-refractivity contribution >= 4 is 5.78 Å². The molecule has 1 rings (SSSR count). The highest BCUT2D eigenvalue weighted by Crippen LogP contribution is 2.30. The summed E-state index contributed by atoms with van der Waals surface area (Å²) in [5.41, 5.74) is 1.34. The molecule has 0 bridgehead atoms. The van der Waals surface area contributed by atoms with Gasteiger partial charge in [0, 0.05) is 6.07 Å². The quantitative estimate of drug-likeness (QED) is 0.799. The van der Waals surface area contributed by atoms with Crippen molar-refractivity contribution in [2.75, 3.05) is 7.11 Å². The number of benzene rings is 1. The molecule has 0 radical (unpaired) electrons. The second-order valence-electron chi connectivity index (χ2n) is 4.67. The Labute approximate surface area is 102 Å². The minimum Gasteiger partial charge on any atom is -0.507 e. The number of hydrogen-bond acceptors (Lipinski definition) is 3. The molecule has 0 heterocycles. The maximum atomic E-state index is 11.4. The highest BCUT2D eigenvalue weighted by molar-refractivity contribution is 5.97. The molecule has 17 heavy (non-hydrogen) atoms. The molecule has 0 unspecified atom stereocenters. The molecule has 0 amide bonds. The van der Waals surface area contributed by atoms with E-state index in [-0.39, 0.29) is 11.5 Å². The van der Waals surface area contributed by atoms with Gasteiger partial charge in [0.1, 0.15) is 11.5 Å². The van der Waals surface area contributed by atoms with Crippen LogP contribution >= 0.6 is 0 Å². The Morgan fingerprint density at radius 2 is 2.06 bits per heavy atom. The number of ether oxygens (including phenoxy) is 1. The van der Waals surface area contributed by atoms with Crippen molar-refractivity contribution in [2.24, 2.45) is 5.92 Å². The first kappa shape index (κ1) is 13.6. The number of Topliss-reactive ketones (excluding diaryl/α,β-unsaturated/α-hetero) is 1. The minimum atomic E-state index is -0.129. The van der Waals surface area contributed by atoms with Gasteiger partial charge in [-0.3, -0.25) is 4.79 Å². The number of hydrogen-bond donors (Lipinski definition) is 1. The standard InChI is InChI=1S/C14H20O3/c1-9(2)5-6-11-7-12(10(3)15)13(16)8-14(11)17-4/h7-9,16H,5-6H2,1-4H3. The Morgan fingerprint density at radius 3 is 2.53 bits per heavy atom. The monoisotopic (exact) mass is 236 g/mol. The number of phenols is 1. The number of carbonyl (C=O) groups excluding carboxylic acids is 1. The summed E-state index contributed by atoms with van der Waals surface area (Å²) in [5, 5.41) is 9.69. The lowest BCUT2D eigenvalue weighted by Crippen LogP contribution is -2.00. The molecular weight excluding hydrogens is 216 g/mol. The zero-order valence-corrected chi connectivity index (χ0v) is 10.9. The lowest BCUT2D eigenvalue weighted by atomic mass is 9.98. The largest absolute Gasteiger partial charge is 0.507 e. The summed E-state index contributed by atoms with van der Waals surface area (Å²) in [6.45, 7) is 5.76. The maximum Gasteiger partial charge on any atom is 0.163 e. The van der Waals surface area contributed by atoms with E-state index < -0.39 is 0 Å². The number of carbonyl (C=O) groups is 1. The van der Waals surface area contributed by atoms with Crippen LogP contribution in [0.15, 0.2) is 12.1 Å². The van der Waals surface area contributed by atoms with Crippen LogP contribution in [-0.4, -0.2) is 18.0 Å². The number of phenolic OH excluding ortho intramolecular Hbond substituents is 1. The molecule has 94 valence electrons. The van der Waals surface area contributed by atoms with Gasteiger partial charge >= 0.3 is 0 Å². The molecule has 0 aliphatic rings. The summed E-state index contributed by atoms with van der Waals surface area (Å²) in [6.07, 6.45) is 1.87. The van der Waals surface area contributed by atoms with Gasteiger partial charge in [-0.25, -0.2) is 0 Å². The summed E-state index contributed by atoms with van der Waals surface area (Å²) in [7, 11) is 1.57. The number of aryl methyl sites for hydroxylation is 1. The topological polar surface area (TPSA) is 46.5 Å². The average molecular weight is 236 g/mol. The molecule has 0 spiro atoms. The predicted octanol–water partition coefficient (Wildman–Crippen LogP) is 3.19. The Kier molecular flexibility index (Phi) is 4.55. The van der Waals surface area contributed by atoms with E-state index in [2.05, 4.69) is 13.8 Å². The maximum absolute atomic E-state index is 11.4. The van der Waals surface area contributed by atoms with Gasteiger partial charge in [-0.15, -0.1) is 0 Å². The first-order valence-electron chi connectivity index (χ1n) is 5.86. The van der Waals surface area contributed by atoms with E-state index in [0.29, 0.717) is 17.2 Å². The zero-order valence-electron chi connectivity index (χ0n) is 10.9. The fraction of sp³-hybridized carbons (Fsp3) is 0.500. The molecule has 1 aromatic carbocycles. The van der Waals surface area contributed by atoms with Crippen molar-refractivity contribution in [3.63, 3.8) is 0 Å². The number of ketones is 1. The van der Waals surface area contributed by atoms with Crippen molar-refractivity contribution in [2.45, 2.75) is 33.6 Å². The molecule has 0 fully saturated rings. The third-order valence-electron chi connectivity index (χ3n) is 2.77. The van der Waals surface area contributed by atoms with Gasteiger partial charge in [-0.05, 0) is 37.3 Å². The van der Waals surface area contributed by atoms with E-state index in [1.165, 1.54) is 13.0 Å². The van der Waals surface area contributed by atoms with E-state index in [1.54, 1.807) is 13.2 Å². The first-order chi connectivity index (χ1) is 7.95. The van der Waals surface area contributed by atoms with E-state index >= 15 is 0 Å². The van der Waals surface area contributed by atoms with Gasteiger partial charge in [-0.1, -0.05) is 13.8 Å². The molecule has 0 aliphatic carbocycles. The fourth-order valence-corrected chi connectivity index (χ4v) is 1.73. The molecule has 0 saturated heterocycles. The summed E-state index contributed by atoms with van der Waals surface area (Å²) in [5.74, 6) is 1.10. The number of methoxy groups -OCH3 is 1. The average Bonchev–Trinajstić information content (AvgIpc) is 2.26. The van der Waals surface area contributed by atoms with Crippen molar-refractivity contribution in [1.29, 1.82) is 0 Å². The molecule has 3 nitrogen and oxygen atoms in total. The van der Waals surface area contributed by atoms with Crippen LogP contribution < -0.4 is 4.74 Å². The van der Waals surface area contributed by atoms with Crippen LogP contribution in [0.5, 0.6) is 11.5 Å². The summed E-state index contributed by atoms with van der Waals surface area (Å²) < 4.78 is 5.22. The number of aromatic hydroxyl groups is 1. The molecule has 0 aliphatic heterocycles. The van der Waals surface area contributed by atoms with E-state index in [1.807, 2.05) is 0 Å². The molecular formula is C14H20O3. The predicted molar refractivity (Wildman–Crippen MR) is 67.8 cm³/mol. The molecule has 3 heteroatoms. The molecule has 1 aromatic rings. The SMILES string of the molecule is COc1cc(O)c(C(C)=O)cc1CCC(C)C. The van der Waals surface area contributed by atoms with Gasteiger partial charge in [0.25, 0.3) is 0 Å². The van der Waals surface area contributed by atoms with E-state index in [9.17, 15) is 9.90 Å². The van der Waals surface area contributed by atoms with Crippen molar-refractivity contribution in [3.8, 4) is 11.5 Å². The van der Waals surface area contributed by atoms with Crippen LogP contribution in [0.25, 0.3) is 0 Å². The highest BCUT2D eigenvalue weighted by atomic mass is 16.5. The zero-order chi connectivity index (χ0) is 13.0. The second-order valence-corrected chi connectivity index (χ2v) is 4.67. The Balaban J connectivity index is 3.08. The lowest BCUT2D eigenvalue weighted by molar-refractivity contribution is 0.101. The van der Waals surface area contributed by atoms with Crippen LogP contribution in [-0.2, 0) is 6.42 Å². The van der Waals surface area contributed by atoms with Crippen LogP contribution in [0.1, 0.15) is 43.1 Å². The Morgan fingerprint density at radius 1 is 1.41 bits per heavy atom. The summed E-state index contributed by atoms with van der Waals surface area (Å²) in [6, 6.07) is 3.26. The van der Waals surface area contributed by atoms with Crippen LogP contribution in [0.4, 0.5) is 0 Å². The third kappa shape index (κ3) is 3.48. The Hall–Kier alpha value is -1.51. The van der Waals surface area contributed by atoms with E-state index in [0.717, 1.165) is 18.4 Å². The van der Waals surface area contributed by atoms with E-state index in [4.69, 9.17) is 4.74 Å². The van der Waals surface area contributed by atoms with Crippen molar-refractivity contribution in [1.82, 2.24) is 0 Å². The fourth-order valence-electron chi connectivity index (χ4n) is 1.73. The van der Waals surface area contributed by atoms with Crippen LogP contribution in [0.3, 0.4) is 0 Å². The normalized spacial score (nSPS) is 10.6. The van der Waals surface area contributed by atoms with Gasteiger partial charge in [0.15, 0.2) is 5.78 Å². The lowest BCUT2D eigenvalue weighted by Gasteiger charge is -2.12. The van der Waals surface area contributed by atoms with Crippen LogP contribution in [0.2, 0.25) is 0 Å². The minimum absolute atomic E-state index is 0.0114.